The Balaban J connectivity index is 4.62. The number of quaternary nitrogens is 1. The van der Waals surface area contributed by atoms with Crippen molar-refractivity contribution in [1.29, 1.82) is 0 Å². The Kier molecular flexibility index (Phi) is 19.4. The zero-order chi connectivity index (χ0) is 25.9. The van der Waals surface area contributed by atoms with Crippen LogP contribution in [0.4, 0.5) is 0 Å². The summed E-state index contributed by atoms with van der Waals surface area (Å²) in [7, 11) is 1.61. The van der Waals surface area contributed by atoms with Crippen molar-refractivity contribution in [2.45, 2.75) is 116 Å². The van der Waals surface area contributed by atoms with Crippen LogP contribution in [0.1, 0.15) is 104 Å². The number of aliphatic hydroxyl groups excluding tert-OH is 1. The SMILES string of the molecule is CCCCCCCCCCC(O)C(COP(=O)(O)OCC[N+](C)(C)C)NC(=O)CCCCCC. The lowest BCUT2D eigenvalue weighted by Crippen LogP contribution is -2.46. The van der Waals surface area contributed by atoms with Crippen LogP contribution in [-0.2, 0) is 18.4 Å². The first kappa shape index (κ1) is 33.5. The lowest BCUT2D eigenvalue weighted by atomic mass is 10.0. The van der Waals surface area contributed by atoms with E-state index in [0.717, 1.165) is 44.9 Å². The van der Waals surface area contributed by atoms with Crippen LogP contribution < -0.4 is 5.32 Å². The predicted octanol–water partition coefficient (Wildman–Crippen LogP) is 5.17. The van der Waals surface area contributed by atoms with E-state index in [9.17, 15) is 19.4 Å². The van der Waals surface area contributed by atoms with Gasteiger partial charge in [-0.05, 0) is 12.8 Å². The second-order valence-corrected chi connectivity index (χ2v) is 11.9. The molecule has 0 bridgehead atoms. The van der Waals surface area contributed by atoms with Gasteiger partial charge >= 0.3 is 7.82 Å². The summed E-state index contributed by atoms with van der Waals surface area (Å²) in [5.41, 5.74) is 0. The molecule has 0 heterocycles. The number of phosphoric ester groups is 1. The lowest BCUT2D eigenvalue weighted by Gasteiger charge is -2.26. The van der Waals surface area contributed by atoms with Crippen LogP contribution in [0, 0.1) is 0 Å². The fraction of sp³-hybridized carbons (Fsp3) is 0.960. The van der Waals surface area contributed by atoms with Crippen molar-refractivity contribution in [3.8, 4) is 0 Å². The van der Waals surface area contributed by atoms with Gasteiger partial charge in [0.05, 0.1) is 39.9 Å². The summed E-state index contributed by atoms with van der Waals surface area (Å²) in [5, 5.41) is 13.5. The molecule has 0 saturated carbocycles. The van der Waals surface area contributed by atoms with Gasteiger partial charge in [-0.3, -0.25) is 13.8 Å². The molecule has 0 fully saturated rings. The van der Waals surface area contributed by atoms with Crippen molar-refractivity contribution in [1.82, 2.24) is 5.32 Å². The molecular weight excluding hydrogens is 455 g/mol. The fourth-order valence-electron chi connectivity index (χ4n) is 3.57. The molecule has 0 aliphatic carbocycles. The second kappa shape index (κ2) is 19.7. The molecule has 0 aromatic heterocycles. The molecular formula is C25H54N2O6P+. The van der Waals surface area contributed by atoms with Crippen LogP contribution in [0.2, 0.25) is 0 Å². The first-order chi connectivity index (χ1) is 16.0. The highest BCUT2D eigenvalue weighted by Crippen LogP contribution is 2.43. The van der Waals surface area contributed by atoms with E-state index in [1.54, 1.807) is 0 Å². The van der Waals surface area contributed by atoms with E-state index >= 15 is 0 Å². The molecule has 0 aromatic rings. The van der Waals surface area contributed by atoms with Crippen LogP contribution in [-0.4, -0.2) is 73.4 Å². The molecule has 0 aliphatic rings. The van der Waals surface area contributed by atoms with Crippen LogP contribution in [0.3, 0.4) is 0 Å². The number of hydrogen-bond donors (Lipinski definition) is 3. The van der Waals surface area contributed by atoms with Gasteiger partial charge in [0.1, 0.15) is 13.2 Å². The molecule has 204 valence electrons. The van der Waals surface area contributed by atoms with Crippen LogP contribution in [0.15, 0.2) is 0 Å². The van der Waals surface area contributed by atoms with Gasteiger partial charge in [0, 0.05) is 6.42 Å². The van der Waals surface area contributed by atoms with Gasteiger partial charge in [-0.25, -0.2) is 4.57 Å². The quantitative estimate of drug-likeness (QED) is 0.0997. The van der Waals surface area contributed by atoms with Crippen molar-refractivity contribution >= 4 is 13.7 Å². The highest BCUT2D eigenvalue weighted by atomic mass is 31.2. The van der Waals surface area contributed by atoms with E-state index in [1.807, 2.05) is 21.1 Å². The standard InChI is InChI=1S/C25H53N2O6P/c1-6-8-10-12-13-14-15-16-18-24(28)23(26-25(29)19-17-11-9-7-2)22-33-34(30,31)32-21-20-27(3,4)5/h23-24,28H,6-22H2,1-5H3,(H-,26,29,30,31)/p+1. The zero-order valence-corrected chi connectivity index (χ0v) is 23.5. The van der Waals surface area contributed by atoms with Gasteiger partial charge in [-0.2, -0.15) is 0 Å². The Labute approximate surface area is 209 Å². The maximum absolute atomic E-state index is 12.4. The van der Waals surface area contributed by atoms with Gasteiger partial charge in [0.25, 0.3) is 0 Å². The Bertz CT molecular complexity index is 556. The molecule has 9 heteroatoms. The fourth-order valence-corrected chi connectivity index (χ4v) is 4.31. The molecule has 0 rings (SSSR count). The summed E-state index contributed by atoms with van der Waals surface area (Å²) >= 11 is 0. The molecule has 34 heavy (non-hydrogen) atoms. The Morgan fingerprint density at radius 3 is 1.97 bits per heavy atom. The van der Waals surface area contributed by atoms with Crippen molar-refractivity contribution in [3.63, 3.8) is 0 Å². The van der Waals surface area contributed by atoms with E-state index in [-0.39, 0.29) is 19.1 Å². The van der Waals surface area contributed by atoms with Crippen molar-refractivity contribution in [3.05, 3.63) is 0 Å². The number of carbonyl (C=O) groups excluding carboxylic acids is 1. The first-order valence-electron chi connectivity index (χ1n) is 13.4. The number of unbranched alkanes of at least 4 members (excludes halogenated alkanes) is 10. The van der Waals surface area contributed by atoms with Gasteiger partial charge in [0.2, 0.25) is 5.91 Å². The third kappa shape index (κ3) is 20.8. The van der Waals surface area contributed by atoms with Gasteiger partial charge < -0.3 is 19.8 Å². The monoisotopic (exact) mass is 509 g/mol. The topological polar surface area (TPSA) is 105 Å². The Morgan fingerprint density at radius 1 is 0.882 bits per heavy atom. The highest BCUT2D eigenvalue weighted by Gasteiger charge is 2.28. The van der Waals surface area contributed by atoms with E-state index in [2.05, 4.69) is 19.2 Å². The van der Waals surface area contributed by atoms with Crippen LogP contribution in [0.25, 0.3) is 0 Å². The summed E-state index contributed by atoms with van der Waals surface area (Å²) in [6.07, 6.45) is 13.2. The third-order valence-corrected chi connectivity index (χ3v) is 6.84. The lowest BCUT2D eigenvalue weighted by molar-refractivity contribution is -0.870. The van der Waals surface area contributed by atoms with Gasteiger partial charge in [0.15, 0.2) is 0 Å². The van der Waals surface area contributed by atoms with Crippen molar-refractivity contribution in [2.75, 3.05) is 40.9 Å². The van der Waals surface area contributed by atoms with Gasteiger partial charge in [-0.15, -0.1) is 0 Å². The van der Waals surface area contributed by atoms with E-state index in [1.165, 1.54) is 32.1 Å². The highest BCUT2D eigenvalue weighted by molar-refractivity contribution is 7.47. The summed E-state index contributed by atoms with van der Waals surface area (Å²) in [4.78, 5) is 22.4. The number of nitrogens with zero attached hydrogens (tertiary/aromatic N) is 1. The minimum absolute atomic E-state index is 0.0759. The minimum Gasteiger partial charge on any atom is -0.391 e. The summed E-state index contributed by atoms with van der Waals surface area (Å²) in [6.45, 7) is 4.68. The number of amides is 1. The van der Waals surface area contributed by atoms with E-state index in [0.29, 0.717) is 23.9 Å². The number of rotatable bonds is 23. The Morgan fingerprint density at radius 2 is 1.41 bits per heavy atom. The molecule has 3 unspecified atom stereocenters. The van der Waals surface area contributed by atoms with Gasteiger partial charge in [-0.1, -0.05) is 84.5 Å². The largest absolute Gasteiger partial charge is 0.472 e. The molecule has 8 nitrogen and oxygen atoms in total. The first-order valence-corrected chi connectivity index (χ1v) is 14.9. The molecule has 3 atom stereocenters. The Hall–Kier alpha value is -0.500. The maximum Gasteiger partial charge on any atom is 0.472 e. The summed E-state index contributed by atoms with van der Waals surface area (Å²) in [6, 6.07) is -0.745. The maximum atomic E-state index is 12.4. The van der Waals surface area contributed by atoms with Crippen molar-refractivity contribution < 1.29 is 32.9 Å². The van der Waals surface area contributed by atoms with Crippen LogP contribution in [0.5, 0.6) is 0 Å². The minimum atomic E-state index is -4.27. The molecule has 0 spiro atoms. The average molecular weight is 510 g/mol. The number of carbonyl (C=O) groups is 1. The number of aliphatic hydroxyl groups is 1. The molecule has 0 aliphatic heterocycles. The number of likely N-dealkylation sites (N-methyl/N-ethyl adjacent to an activating group) is 1. The number of hydrogen-bond acceptors (Lipinski definition) is 5. The number of phosphoric acid groups is 1. The summed E-state index contributed by atoms with van der Waals surface area (Å²) in [5.74, 6) is -0.168. The average Bonchev–Trinajstić information content (AvgIpc) is 2.74. The number of nitrogens with one attached hydrogen (secondary N) is 1. The molecule has 1 amide bonds. The third-order valence-electron chi connectivity index (χ3n) is 5.86. The molecule has 0 radical (unpaired) electrons. The van der Waals surface area contributed by atoms with E-state index in [4.69, 9.17) is 9.05 Å². The second-order valence-electron chi connectivity index (χ2n) is 10.4. The van der Waals surface area contributed by atoms with E-state index < -0.39 is 20.0 Å². The van der Waals surface area contributed by atoms with Crippen molar-refractivity contribution in [2.24, 2.45) is 0 Å². The normalized spacial score (nSPS) is 15.6. The molecule has 3 N–H and O–H groups in total. The summed E-state index contributed by atoms with van der Waals surface area (Å²) < 4.78 is 23.1. The smallest absolute Gasteiger partial charge is 0.391 e. The van der Waals surface area contributed by atoms with Crippen LogP contribution >= 0.6 is 7.82 Å². The molecule has 0 saturated heterocycles. The predicted molar refractivity (Wildman–Crippen MR) is 139 cm³/mol. The molecule has 0 aromatic carbocycles. The zero-order valence-electron chi connectivity index (χ0n) is 22.6.